The highest BCUT2D eigenvalue weighted by molar-refractivity contribution is 5.94. The van der Waals surface area contributed by atoms with Crippen LogP contribution in [0.4, 0.5) is 14.6 Å². The highest BCUT2D eigenvalue weighted by atomic mass is 19.3. The molecule has 1 aromatic carbocycles. The molecule has 0 bridgehead atoms. The fraction of sp³-hybridized carbons (Fsp3) is 0.167. The standard InChI is InChI=1S/C12H11F2N3O2/c1-8-7-10(17-16-8)15-11(18)12(13,14)19-9-5-3-2-4-6-9/h2-7H,1H3,(H2,15,16,17,18). The van der Waals surface area contributed by atoms with Crippen molar-refractivity contribution in [3.8, 4) is 5.75 Å². The zero-order valence-corrected chi connectivity index (χ0v) is 9.98. The van der Waals surface area contributed by atoms with Gasteiger partial charge in [-0.2, -0.15) is 13.9 Å². The molecule has 0 aliphatic rings. The number of benzene rings is 1. The van der Waals surface area contributed by atoms with E-state index in [9.17, 15) is 13.6 Å². The topological polar surface area (TPSA) is 67.0 Å². The fourth-order valence-corrected chi connectivity index (χ4v) is 1.35. The first-order valence-electron chi connectivity index (χ1n) is 5.43. The molecule has 0 aliphatic carbocycles. The number of hydrogen-bond acceptors (Lipinski definition) is 3. The highest BCUT2D eigenvalue weighted by Crippen LogP contribution is 2.22. The van der Waals surface area contributed by atoms with Crippen LogP contribution in [-0.4, -0.2) is 22.2 Å². The van der Waals surface area contributed by atoms with Crippen LogP contribution in [0.3, 0.4) is 0 Å². The second kappa shape index (κ2) is 5.05. The van der Waals surface area contributed by atoms with Gasteiger partial charge in [-0.25, -0.2) is 0 Å². The third-order valence-corrected chi connectivity index (χ3v) is 2.20. The average Bonchev–Trinajstić information content (AvgIpc) is 2.75. The second-order valence-electron chi connectivity index (χ2n) is 3.82. The number of nitrogens with one attached hydrogen (secondary N) is 2. The number of carbonyl (C=O) groups excluding carboxylic acids is 1. The predicted molar refractivity (Wildman–Crippen MR) is 64.0 cm³/mol. The number of alkyl halides is 2. The molecule has 0 radical (unpaired) electrons. The van der Waals surface area contributed by atoms with Crippen molar-refractivity contribution in [3.63, 3.8) is 0 Å². The second-order valence-corrected chi connectivity index (χ2v) is 3.82. The maximum atomic E-state index is 13.5. The number of aromatic nitrogens is 2. The Hall–Kier alpha value is -2.44. The molecule has 0 spiro atoms. The van der Waals surface area contributed by atoms with Crippen molar-refractivity contribution >= 4 is 11.7 Å². The number of amides is 1. The molecule has 2 N–H and O–H groups in total. The lowest BCUT2D eigenvalue weighted by Crippen LogP contribution is -2.40. The molecule has 0 saturated carbocycles. The molecule has 0 unspecified atom stereocenters. The predicted octanol–water partition coefficient (Wildman–Crippen LogP) is 2.33. The maximum absolute atomic E-state index is 13.5. The summed E-state index contributed by atoms with van der Waals surface area (Å²) in [4.78, 5) is 11.4. The van der Waals surface area contributed by atoms with Crippen molar-refractivity contribution in [2.45, 2.75) is 13.0 Å². The number of hydrogen-bond donors (Lipinski definition) is 2. The third-order valence-electron chi connectivity index (χ3n) is 2.20. The number of rotatable bonds is 4. The summed E-state index contributed by atoms with van der Waals surface area (Å²) in [5.74, 6) is -1.66. The summed E-state index contributed by atoms with van der Waals surface area (Å²) in [6, 6.07) is 8.80. The van der Waals surface area contributed by atoms with Crippen molar-refractivity contribution in [2.75, 3.05) is 5.32 Å². The van der Waals surface area contributed by atoms with E-state index in [0.29, 0.717) is 5.69 Å². The minimum Gasteiger partial charge on any atom is -0.425 e. The molecule has 1 amide bonds. The molecule has 0 aliphatic heterocycles. The number of H-pyrrole nitrogens is 1. The Kier molecular flexibility index (Phi) is 3.46. The van der Waals surface area contributed by atoms with Gasteiger partial charge in [-0.05, 0) is 19.1 Å². The lowest BCUT2D eigenvalue weighted by Gasteiger charge is -2.16. The summed E-state index contributed by atoms with van der Waals surface area (Å²) in [6.45, 7) is 1.68. The van der Waals surface area contributed by atoms with E-state index in [1.54, 1.807) is 13.0 Å². The Bertz CT molecular complexity index is 569. The zero-order valence-electron chi connectivity index (χ0n) is 9.98. The molecule has 2 aromatic rings. The van der Waals surface area contributed by atoms with Crippen LogP contribution in [0.1, 0.15) is 5.69 Å². The van der Waals surface area contributed by atoms with Crippen molar-refractivity contribution < 1.29 is 18.3 Å². The molecular formula is C12H11F2N3O2. The van der Waals surface area contributed by atoms with Gasteiger partial charge in [-0.1, -0.05) is 18.2 Å². The van der Waals surface area contributed by atoms with Gasteiger partial charge in [-0.3, -0.25) is 9.89 Å². The zero-order chi connectivity index (χ0) is 13.9. The number of para-hydroxylation sites is 1. The SMILES string of the molecule is Cc1cc(NC(=O)C(F)(F)Oc2ccccc2)n[nH]1. The summed E-state index contributed by atoms with van der Waals surface area (Å²) in [6.07, 6.45) is -3.98. The van der Waals surface area contributed by atoms with Gasteiger partial charge in [0.1, 0.15) is 5.75 Å². The Labute approximate surface area is 107 Å². The van der Waals surface area contributed by atoms with Crippen molar-refractivity contribution in [1.29, 1.82) is 0 Å². The van der Waals surface area contributed by atoms with Gasteiger partial charge in [0.15, 0.2) is 5.82 Å². The third kappa shape index (κ3) is 3.27. The largest absolute Gasteiger partial charge is 0.482 e. The number of nitrogens with zero attached hydrogens (tertiary/aromatic N) is 1. The molecule has 100 valence electrons. The lowest BCUT2D eigenvalue weighted by molar-refractivity contribution is -0.187. The normalized spacial score (nSPS) is 11.1. The number of halogens is 2. The van der Waals surface area contributed by atoms with E-state index < -0.39 is 12.0 Å². The van der Waals surface area contributed by atoms with E-state index in [1.165, 1.54) is 30.3 Å². The van der Waals surface area contributed by atoms with Crippen LogP contribution in [0.2, 0.25) is 0 Å². The molecule has 2 rings (SSSR count). The van der Waals surface area contributed by atoms with E-state index in [2.05, 4.69) is 14.9 Å². The molecule has 5 nitrogen and oxygen atoms in total. The summed E-state index contributed by atoms with van der Waals surface area (Å²) in [5.41, 5.74) is 0.641. The van der Waals surface area contributed by atoms with Gasteiger partial charge in [-0.15, -0.1) is 0 Å². The van der Waals surface area contributed by atoms with Crippen LogP contribution in [0.25, 0.3) is 0 Å². The van der Waals surface area contributed by atoms with Gasteiger partial charge in [0.05, 0.1) is 0 Å². The first-order chi connectivity index (χ1) is 8.97. The lowest BCUT2D eigenvalue weighted by atomic mass is 10.3. The fourth-order valence-electron chi connectivity index (χ4n) is 1.35. The maximum Gasteiger partial charge on any atom is 0.482 e. The molecule has 1 heterocycles. The van der Waals surface area contributed by atoms with E-state index >= 15 is 0 Å². The van der Waals surface area contributed by atoms with Crippen LogP contribution < -0.4 is 10.1 Å². The number of aromatic amines is 1. The molecule has 7 heteroatoms. The Morgan fingerprint density at radius 2 is 2.05 bits per heavy atom. The van der Waals surface area contributed by atoms with Gasteiger partial charge in [0.2, 0.25) is 0 Å². The van der Waals surface area contributed by atoms with Crippen LogP contribution in [0.15, 0.2) is 36.4 Å². The van der Waals surface area contributed by atoms with Gasteiger partial charge in [0, 0.05) is 11.8 Å². The number of ether oxygens (including phenoxy) is 1. The summed E-state index contributed by atoms with van der Waals surface area (Å²) in [7, 11) is 0. The van der Waals surface area contributed by atoms with Crippen molar-refractivity contribution in [2.24, 2.45) is 0 Å². The van der Waals surface area contributed by atoms with Crippen molar-refractivity contribution in [3.05, 3.63) is 42.1 Å². The van der Waals surface area contributed by atoms with Crippen LogP contribution >= 0.6 is 0 Å². The van der Waals surface area contributed by atoms with E-state index in [1.807, 2.05) is 5.32 Å². The quantitative estimate of drug-likeness (QED) is 0.893. The summed E-state index contributed by atoms with van der Waals surface area (Å²) < 4.78 is 31.4. The van der Waals surface area contributed by atoms with E-state index in [4.69, 9.17) is 0 Å². The minimum atomic E-state index is -3.98. The van der Waals surface area contributed by atoms with Gasteiger partial charge >= 0.3 is 12.0 Å². The highest BCUT2D eigenvalue weighted by Gasteiger charge is 2.42. The Morgan fingerprint density at radius 1 is 1.37 bits per heavy atom. The number of carbonyl (C=O) groups is 1. The van der Waals surface area contributed by atoms with Crippen molar-refractivity contribution in [1.82, 2.24) is 10.2 Å². The van der Waals surface area contributed by atoms with E-state index in [-0.39, 0.29) is 11.6 Å². The molecule has 19 heavy (non-hydrogen) atoms. The van der Waals surface area contributed by atoms with Gasteiger partial charge < -0.3 is 10.1 Å². The van der Waals surface area contributed by atoms with Gasteiger partial charge in [0.25, 0.3) is 0 Å². The Balaban J connectivity index is 2.04. The Morgan fingerprint density at radius 3 is 2.63 bits per heavy atom. The molecule has 1 aromatic heterocycles. The molecule has 0 saturated heterocycles. The number of anilines is 1. The molecular weight excluding hydrogens is 256 g/mol. The van der Waals surface area contributed by atoms with Crippen LogP contribution in [0, 0.1) is 6.92 Å². The molecule has 0 fully saturated rings. The first-order valence-corrected chi connectivity index (χ1v) is 5.43. The average molecular weight is 267 g/mol. The first kappa shape index (κ1) is 13.0. The summed E-state index contributed by atoms with van der Waals surface area (Å²) in [5, 5.41) is 8.12. The smallest absolute Gasteiger partial charge is 0.425 e. The minimum absolute atomic E-state index is 0.0128. The monoisotopic (exact) mass is 267 g/mol. The van der Waals surface area contributed by atoms with E-state index in [0.717, 1.165) is 0 Å². The summed E-state index contributed by atoms with van der Waals surface area (Å²) >= 11 is 0. The van der Waals surface area contributed by atoms with Crippen LogP contribution in [-0.2, 0) is 4.79 Å². The molecule has 0 atom stereocenters. The van der Waals surface area contributed by atoms with Crippen LogP contribution in [0.5, 0.6) is 5.75 Å². The number of aryl methyl sites for hydroxylation is 1.